The fourth-order valence-corrected chi connectivity index (χ4v) is 4.03. The minimum Gasteiger partial charge on any atom is -0.369 e. The largest absolute Gasteiger partial charge is 0.369 e. The van der Waals surface area contributed by atoms with Gasteiger partial charge in [-0.15, -0.1) is 0 Å². The number of benzene rings is 3. The van der Waals surface area contributed by atoms with E-state index in [1.807, 2.05) is 24.3 Å². The van der Waals surface area contributed by atoms with Crippen LogP contribution in [0.1, 0.15) is 17.2 Å². The van der Waals surface area contributed by atoms with Crippen LogP contribution in [0.5, 0.6) is 0 Å². The molecule has 1 fully saturated rings. The summed E-state index contributed by atoms with van der Waals surface area (Å²) in [5.74, 6) is 0. The van der Waals surface area contributed by atoms with Crippen LogP contribution >= 0.6 is 23.2 Å². The van der Waals surface area contributed by atoms with Gasteiger partial charge in [-0.05, 0) is 47.5 Å². The van der Waals surface area contributed by atoms with Crippen LogP contribution in [0.4, 0.5) is 5.69 Å². The van der Waals surface area contributed by atoms with Crippen LogP contribution in [0.3, 0.4) is 0 Å². The number of halogens is 2. The lowest BCUT2D eigenvalue weighted by molar-refractivity contribution is 0.212. The van der Waals surface area contributed by atoms with Crippen molar-refractivity contribution >= 4 is 28.9 Å². The third-order valence-electron chi connectivity index (χ3n) is 5.17. The Morgan fingerprint density at radius 3 is 1.56 bits per heavy atom. The number of para-hydroxylation sites is 1. The Kier molecular flexibility index (Phi) is 5.68. The van der Waals surface area contributed by atoms with Crippen LogP contribution in [0.15, 0.2) is 78.9 Å². The lowest BCUT2D eigenvalue weighted by Gasteiger charge is -2.40. The first-order valence-corrected chi connectivity index (χ1v) is 10.0. The van der Waals surface area contributed by atoms with Gasteiger partial charge >= 0.3 is 0 Å². The molecule has 138 valence electrons. The molecule has 0 unspecified atom stereocenters. The minimum atomic E-state index is 0.206. The van der Waals surface area contributed by atoms with Gasteiger partial charge < -0.3 is 4.90 Å². The average molecular weight is 397 g/mol. The molecule has 0 radical (unpaired) electrons. The first-order valence-electron chi connectivity index (χ1n) is 9.26. The number of nitrogens with zero attached hydrogens (tertiary/aromatic N) is 2. The fourth-order valence-electron chi connectivity index (χ4n) is 3.78. The maximum Gasteiger partial charge on any atom is 0.0603 e. The summed E-state index contributed by atoms with van der Waals surface area (Å²) in [5.41, 5.74) is 3.82. The molecule has 4 heteroatoms. The van der Waals surface area contributed by atoms with Gasteiger partial charge in [0.2, 0.25) is 0 Å². The van der Waals surface area contributed by atoms with Crippen LogP contribution in [0, 0.1) is 0 Å². The third-order valence-corrected chi connectivity index (χ3v) is 5.68. The summed E-state index contributed by atoms with van der Waals surface area (Å²) in [6.07, 6.45) is 0. The first-order chi connectivity index (χ1) is 13.2. The molecule has 0 amide bonds. The van der Waals surface area contributed by atoms with Crippen molar-refractivity contribution in [1.82, 2.24) is 4.90 Å². The number of hydrogen-bond acceptors (Lipinski definition) is 2. The Balaban J connectivity index is 1.58. The highest BCUT2D eigenvalue weighted by atomic mass is 35.5. The van der Waals surface area contributed by atoms with Crippen LogP contribution in [-0.2, 0) is 0 Å². The molecule has 0 aromatic heterocycles. The van der Waals surface area contributed by atoms with E-state index in [1.165, 1.54) is 16.8 Å². The summed E-state index contributed by atoms with van der Waals surface area (Å²) in [7, 11) is 0. The molecule has 3 aromatic carbocycles. The van der Waals surface area contributed by atoms with Crippen molar-refractivity contribution in [3.63, 3.8) is 0 Å². The van der Waals surface area contributed by atoms with Crippen molar-refractivity contribution in [3.05, 3.63) is 100 Å². The standard InChI is InChI=1S/C23H22Cl2N2/c24-20-10-6-18(7-11-20)23(19-8-12-21(25)13-9-19)27-16-14-26(15-17-27)22-4-2-1-3-5-22/h1-13,23H,14-17H2. The predicted molar refractivity (Wildman–Crippen MR) is 115 cm³/mol. The predicted octanol–water partition coefficient (Wildman–Crippen LogP) is 5.91. The van der Waals surface area contributed by atoms with Crippen molar-refractivity contribution in [2.45, 2.75) is 6.04 Å². The second kappa shape index (κ2) is 8.35. The molecule has 0 atom stereocenters. The Labute approximate surface area is 170 Å². The number of rotatable bonds is 4. The molecule has 0 aliphatic carbocycles. The molecule has 0 spiro atoms. The van der Waals surface area contributed by atoms with Gasteiger partial charge in [-0.2, -0.15) is 0 Å². The minimum absolute atomic E-state index is 0.206. The smallest absolute Gasteiger partial charge is 0.0603 e. The van der Waals surface area contributed by atoms with Gasteiger partial charge in [0.05, 0.1) is 6.04 Å². The molecule has 0 saturated carbocycles. The van der Waals surface area contributed by atoms with E-state index < -0.39 is 0 Å². The molecular formula is C23H22Cl2N2. The summed E-state index contributed by atoms with van der Waals surface area (Å²) in [6.45, 7) is 4.04. The molecule has 3 aromatic rings. The maximum atomic E-state index is 6.12. The van der Waals surface area contributed by atoms with Crippen molar-refractivity contribution < 1.29 is 0 Å². The number of piperazine rings is 1. The maximum absolute atomic E-state index is 6.12. The normalized spacial score (nSPS) is 15.3. The zero-order valence-corrected chi connectivity index (χ0v) is 16.6. The summed E-state index contributed by atoms with van der Waals surface area (Å²) in [5, 5.41) is 1.53. The quantitative estimate of drug-likeness (QED) is 0.540. The topological polar surface area (TPSA) is 6.48 Å². The van der Waals surface area contributed by atoms with E-state index in [2.05, 4.69) is 64.4 Å². The second-order valence-electron chi connectivity index (χ2n) is 6.86. The van der Waals surface area contributed by atoms with Crippen molar-refractivity contribution in [2.75, 3.05) is 31.1 Å². The summed E-state index contributed by atoms with van der Waals surface area (Å²) in [6, 6.07) is 27.3. The average Bonchev–Trinajstić information content (AvgIpc) is 2.72. The van der Waals surface area contributed by atoms with Gasteiger partial charge in [0.25, 0.3) is 0 Å². The van der Waals surface area contributed by atoms with E-state index in [0.717, 1.165) is 36.2 Å². The van der Waals surface area contributed by atoms with E-state index >= 15 is 0 Å². The molecular weight excluding hydrogens is 375 g/mol. The van der Waals surface area contributed by atoms with E-state index in [-0.39, 0.29) is 6.04 Å². The van der Waals surface area contributed by atoms with Gasteiger partial charge in [0.1, 0.15) is 0 Å². The third kappa shape index (κ3) is 4.30. The second-order valence-corrected chi connectivity index (χ2v) is 7.74. The Morgan fingerprint density at radius 2 is 1.07 bits per heavy atom. The van der Waals surface area contributed by atoms with Crippen LogP contribution < -0.4 is 4.90 Å². The molecule has 1 heterocycles. The van der Waals surface area contributed by atoms with Crippen molar-refractivity contribution in [3.8, 4) is 0 Å². The SMILES string of the molecule is Clc1ccc(C(c2ccc(Cl)cc2)N2CCN(c3ccccc3)CC2)cc1. The molecule has 1 saturated heterocycles. The highest BCUT2D eigenvalue weighted by molar-refractivity contribution is 6.30. The Hall–Kier alpha value is -2.00. The van der Waals surface area contributed by atoms with Gasteiger partial charge in [-0.1, -0.05) is 65.7 Å². The molecule has 27 heavy (non-hydrogen) atoms. The van der Waals surface area contributed by atoms with Crippen LogP contribution in [0.2, 0.25) is 10.0 Å². The fraction of sp³-hybridized carbons (Fsp3) is 0.217. The summed E-state index contributed by atoms with van der Waals surface area (Å²) >= 11 is 12.2. The molecule has 4 rings (SSSR count). The zero-order chi connectivity index (χ0) is 18.6. The van der Waals surface area contributed by atoms with Crippen molar-refractivity contribution in [1.29, 1.82) is 0 Å². The van der Waals surface area contributed by atoms with E-state index in [9.17, 15) is 0 Å². The Bertz CT molecular complexity index is 810. The summed E-state index contributed by atoms with van der Waals surface area (Å²) < 4.78 is 0. The van der Waals surface area contributed by atoms with Gasteiger partial charge in [0, 0.05) is 41.9 Å². The molecule has 1 aliphatic rings. The first kappa shape index (κ1) is 18.4. The lowest BCUT2D eigenvalue weighted by atomic mass is 9.96. The zero-order valence-electron chi connectivity index (χ0n) is 15.1. The van der Waals surface area contributed by atoms with Gasteiger partial charge in [0.15, 0.2) is 0 Å². The monoisotopic (exact) mass is 396 g/mol. The van der Waals surface area contributed by atoms with E-state index in [0.29, 0.717) is 0 Å². The molecule has 0 bridgehead atoms. The molecule has 2 nitrogen and oxygen atoms in total. The number of anilines is 1. The Morgan fingerprint density at radius 1 is 0.593 bits per heavy atom. The van der Waals surface area contributed by atoms with Gasteiger partial charge in [-0.3, -0.25) is 4.90 Å². The highest BCUT2D eigenvalue weighted by Gasteiger charge is 2.26. The molecule has 1 aliphatic heterocycles. The van der Waals surface area contributed by atoms with Crippen LogP contribution in [0.25, 0.3) is 0 Å². The van der Waals surface area contributed by atoms with E-state index in [1.54, 1.807) is 0 Å². The van der Waals surface area contributed by atoms with Crippen molar-refractivity contribution in [2.24, 2.45) is 0 Å². The van der Waals surface area contributed by atoms with E-state index in [4.69, 9.17) is 23.2 Å². The molecule has 0 N–H and O–H groups in total. The highest BCUT2D eigenvalue weighted by Crippen LogP contribution is 2.31. The lowest BCUT2D eigenvalue weighted by Crippen LogP contribution is -2.48. The van der Waals surface area contributed by atoms with Crippen LogP contribution in [-0.4, -0.2) is 31.1 Å². The number of hydrogen-bond donors (Lipinski definition) is 0. The van der Waals surface area contributed by atoms with Gasteiger partial charge in [-0.25, -0.2) is 0 Å². The summed E-state index contributed by atoms with van der Waals surface area (Å²) in [4.78, 5) is 5.00.